The number of halogens is 4. The third-order valence-electron chi connectivity index (χ3n) is 1.48. The van der Waals surface area contributed by atoms with E-state index in [1.807, 2.05) is 0 Å². The Morgan fingerprint density at radius 3 is 2.57 bits per heavy atom. The Morgan fingerprint density at radius 1 is 1.36 bits per heavy atom. The maximum absolute atomic E-state index is 13.0. The van der Waals surface area contributed by atoms with Gasteiger partial charge in [0.2, 0.25) is 0 Å². The molecule has 0 bridgehead atoms. The first-order valence-electron chi connectivity index (χ1n) is 3.40. The summed E-state index contributed by atoms with van der Waals surface area (Å²) in [6.45, 7) is -0.417. The molecule has 0 atom stereocenters. The van der Waals surface area contributed by atoms with Gasteiger partial charge < -0.3 is 0 Å². The van der Waals surface area contributed by atoms with Gasteiger partial charge in [0.05, 0.1) is 6.54 Å². The van der Waals surface area contributed by atoms with Crippen LogP contribution in [0, 0.1) is 17.5 Å². The highest BCUT2D eigenvalue weighted by atomic mass is 35.5. The maximum atomic E-state index is 13.0. The first-order valence-corrected chi connectivity index (χ1v) is 3.78. The molecule has 0 spiro atoms. The molecular formula is C7H3ClF3N3. The molecule has 7 heteroatoms. The van der Waals surface area contributed by atoms with E-state index in [-0.39, 0.29) is 5.56 Å². The van der Waals surface area contributed by atoms with Gasteiger partial charge in [0.25, 0.3) is 0 Å². The van der Waals surface area contributed by atoms with Crippen LogP contribution < -0.4 is 0 Å². The van der Waals surface area contributed by atoms with E-state index in [9.17, 15) is 13.2 Å². The smallest absolute Gasteiger partial charge is 0.180 e. The van der Waals surface area contributed by atoms with Gasteiger partial charge in [-0.2, -0.15) is 0 Å². The highest BCUT2D eigenvalue weighted by molar-refractivity contribution is 6.30. The summed E-state index contributed by atoms with van der Waals surface area (Å²) in [4.78, 5) is 2.35. The second-order valence-corrected chi connectivity index (χ2v) is 2.73. The molecule has 0 heterocycles. The van der Waals surface area contributed by atoms with Gasteiger partial charge in [-0.1, -0.05) is 16.7 Å². The lowest BCUT2D eigenvalue weighted by atomic mass is 10.2. The van der Waals surface area contributed by atoms with Gasteiger partial charge in [-0.25, -0.2) is 13.2 Å². The summed E-state index contributed by atoms with van der Waals surface area (Å²) in [7, 11) is 0. The molecule has 0 aliphatic rings. The largest absolute Gasteiger partial charge is 0.205 e. The third-order valence-corrected chi connectivity index (χ3v) is 1.81. The van der Waals surface area contributed by atoms with Gasteiger partial charge in [-0.3, -0.25) is 0 Å². The zero-order chi connectivity index (χ0) is 10.7. The lowest BCUT2D eigenvalue weighted by molar-refractivity contribution is 0.491. The van der Waals surface area contributed by atoms with Crippen LogP contribution in [0.4, 0.5) is 13.2 Å². The second kappa shape index (κ2) is 4.21. The SMILES string of the molecule is [N-]=[N+]=NCc1cc(F)c(F)c(Cl)c1F. The Balaban J connectivity index is 3.25. The molecule has 3 nitrogen and oxygen atoms in total. The minimum Gasteiger partial charge on any atom is -0.205 e. The van der Waals surface area contributed by atoms with Gasteiger partial charge in [0.1, 0.15) is 10.8 Å². The normalized spacial score (nSPS) is 9.71. The molecule has 0 saturated carbocycles. The molecule has 0 fully saturated rings. The molecule has 0 saturated heterocycles. The van der Waals surface area contributed by atoms with E-state index in [2.05, 4.69) is 10.0 Å². The molecular weight excluding hydrogens is 219 g/mol. The molecule has 0 amide bonds. The molecule has 0 unspecified atom stereocenters. The molecule has 0 aromatic heterocycles. The van der Waals surface area contributed by atoms with Gasteiger partial charge in [0.15, 0.2) is 11.6 Å². The van der Waals surface area contributed by atoms with Crippen LogP contribution in [-0.4, -0.2) is 0 Å². The zero-order valence-electron chi connectivity index (χ0n) is 6.64. The van der Waals surface area contributed by atoms with E-state index < -0.39 is 29.0 Å². The first kappa shape index (κ1) is 10.7. The van der Waals surface area contributed by atoms with Crippen LogP contribution in [-0.2, 0) is 6.54 Å². The summed E-state index contributed by atoms with van der Waals surface area (Å²) < 4.78 is 38.4. The summed E-state index contributed by atoms with van der Waals surface area (Å²) in [5.74, 6) is -3.84. The van der Waals surface area contributed by atoms with Crippen molar-refractivity contribution in [3.63, 3.8) is 0 Å². The van der Waals surface area contributed by atoms with Crippen molar-refractivity contribution >= 4 is 11.6 Å². The van der Waals surface area contributed by atoms with Crippen molar-refractivity contribution in [2.24, 2.45) is 5.11 Å². The lowest BCUT2D eigenvalue weighted by Crippen LogP contribution is -1.96. The van der Waals surface area contributed by atoms with E-state index in [0.717, 1.165) is 0 Å². The van der Waals surface area contributed by atoms with E-state index in [0.29, 0.717) is 6.07 Å². The Labute approximate surface area is 81.7 Å². The Bertz CT molecular complexity index is 415. The number of azide groups is 1. The fourth-order valence-electron chi connectivity index (χ4n) is 0.845. The van der Waals surface area contributed by atoms with E-state index in [1.165, 1.54) is 0 Å². The standard InChI is InChI=1S/C7H3ClF3N3/c8-5-6(10)3(2-13-14-12)1-4(9)7(5)11/h1H,2H2. The Kier molecular flexibility index (Phi) is 3.22. The lowest BCUT2D eigenvalue weighted by Gasteiger charge is -2.03. The summed E-state index contributed by atoms with van der Waals surface area (Å²) in [5, 5.41) is 2.07. The quantitative estimate of drug-likeness (QED) is 0.241. The summed E-state index contributed by atoms with van der Waals surface area (Å²) >= 11 is 5.14. The Hall–Kier alpha value is -1.39. The van der Waals surface area contributed by atoms with Crippen molar-refractivity contribution in [2.45, 2.75) is 6.54 Å². The van der Waals surface area contributed by atoms with Crippen LogP contribution in [0.5, 0.6) is 0 Å². The highest BCUT2D eigenvalue weighted by Gasteiger charge is 2.16. The molecule has 0 aliphatic carbocycles. The number of hydrogen-bond acceptors (Lipinski definition) is 1. The fourth-order valence-corrected chi connectivity index (χ4v) is 1.06. The first-order chi connectivity index (χ1) is 6.57. The molecule has 1 aromatic carbocycles. The molecule has 74 valence electrons. The van der Waals surface area contributed by atoms with Crippen molar-refractivity contribution in [1.82, 2.24) is 0 Å². The van der Waals surface area contributed by atoms with Crippen LogP contribution in [0.1, 0.15) is 5.56 Å². The van der Waals surface area contributed by atoms with Crippen molar-refractivity contribution in [2.75, 3.05) is 0 Å². The van der Waals surface area contributed by atoms with Gasteiger partial charge in [-0.05, 0) is 17.2 Å². The summed E-state index contributed by atoms with van der Waals surface area (Å²) in [5.41, 5.74) is 7.66. The fraction of sp³-hybridized carbons (Fsp3) is 0.143. The van der Waals surface area contributed by atoms with Gasteiger partial charge >= 0.3 is 0 Å². The van der Waals surface area contributed by atoms with E-state index >= 15 is 0 Å². The molecule has 0 radical (unpaired) electrons. The maximum Gasteiger partial charge on any atom is 0.180 e. The summed E-state index contributed by atoms with van der Waals surface area (Å²) in [6.07, 6.45) is 0. The number of nitrogens with zero attached hydrogens (tertiary/aromatic N) is 3. The minimum absolute atomic E-state index is 0.285. The van der Waals surface area contributed by atoms with Crippen molar-refractivity contribution in [3.05, 3.63) is 44.5 Å². The number of rotatable bonds is 2. The van der Waals surface area contributed by atoms with Crippen LogP contribution >= 0.6 is 11.6 Å². The van der Waals surface area contributed by atoms with Crippen molar-refractivity contribution < 1.29 is 13.2 Å². The number of hydrogen-bond donors (Lipinski definition) is 0. The molecule has 0 N–H and O–H groups in total. The van der Waals surface area contributed by atoms with Crippen LogP contribution in [0.2, 0.25) is 5.02 Å². The topological polar surface area (TPSA) is 48.8 Å². The predicted octanol–water partition coefficient (Wildman–Crippen LogP) is 3.57. The molecule has 1 aromatic rings. The highest BCUT2D eigenvalue weighted by Crippen LogP contribution is 2.25. The van der Waals surface area contributed by atoms with Crippen molar-refractivity contribution in [1.29, 1.82) is 0 Å². The predicted molar refractivity (Wildman–Crippen MR) is 44.2 cm³/mol. The van der Waals surface area contributed by atoms with E-state index in [4.69, 9.17) is 17.1 Å². The molecule has 1 rings (SSSR count). The number of benzene rings is 1. The molecule has 14 heavy (non-hydrogen) atoms. The van der Waals surface area contributed by atoms with E-state index in [1.54, 1.807) is 0 Å². The van der Waals surface area contributed by atoms with Crippen molar-refractivity contribution in [3.8, 4) is 0 Å². The van der Waals surface area contributed by atoms with Gasteiger partial charge in [-0.15, -0.1) is 0 Å². The average Bonchev–Trinajstić information content (AvgIpc) is 2.18. The monoisotopic (exact) mass is 221 g/mol. The zero-order valence-corrected chi connectivity index (χ0v) is 7.39. The second-order valence-electron chi connectivity index (χ2n) is 2.35. The molecule has 0 aliphatic heterocycles. The Morgan fingerprint density at radius 2 is 2.00 bits per heavy atom. The minimum atomic E-state index is -1.45. The van der Waals surface area contributed by atoms with Gasteiger partial charge in [0, 0.05) is 4.91 Å². The summed E-state index contributed by atoms with van der Waals surface area (Å²) in [6, 6.07) is 0.602. The van der Waals surface area contributed by atoms with Crippen LogP contribution in [0.15, 0.2) is 11.2 Å². The van der Waals surface area contributed by atoms with Crippen LogP contribution in [0.25, 0.3) is 10.4 Å². The average molecular weight is 222 g/mol. The van der Waals surface area contributed by atoms with Crippen LogP contribution in [0.3, 0.4) is 0 Å². The third kappa shape index (κ3) is 1.92.